The number of hydrogen-bond donors (Lipinski definition) is 1. The van der Waals surface area contributed by atoms with Crippen molar-refractivity contribution in [2.24, 2.45) is 10.7 Å². The highest BCUT2D eigenvalue weighted by Gasteiger charge is 2.61. The van der Waals surface area contributed by atoms with Gasteiger partial charge in [-0.25, -0.2) is 13.2 Å². The van der Waals surface area contributed by atoms with Gasteiger partial charge in [-0.15, -0.1) is 0 Å². The highest BCUT2D eigenvalue weighted by atomic mass is 35.5. The van der Waals surface area contributed by atoms with E-state index in [-0.39, 0.29) is 17.2 Å². The highest BCUT2D eigenvalue weighted by Crippen LogP contribution is 2.51. The fourth-order valence-corrected chi connectivity index (χ4v) is 7.54. The van der Waals surface area contributed by atoms with Gasteiger partial charge in [0.25, 0.3) is 0 Å². The summed E-state index contributed by atoms with van der Waals surface area (Å²) in [6.07, 6.45) is 1.80. The van der Waals surface area contributed by atoms with Gasteiger partial charge in [-0.2, -0.15) is 0 Å². The second kappa shape index (κ2) is 14.2. The SMILES string of the molecule is CCOc1cc(C(C)(C)C)ccc1C1=N[C@@](C)(c2ccc(Cl)cc2)[C@@](N)(c2ccc(Cl)cc2)N1C(=O)N1CCN(CCCS(C)(=O)=O)CC1. The molecular weight excluding hydrogens is 681 g/mol. The quantitative estimate of drug-likeness (QED) is 0.265. The molecule has 0 aromatic heterocycles. The van der Waals surface area contributed by atoms with E-state index < -0.39 is 21.0 Å². The Balaban J connectivity index is 1.65. The van der Waals surface area contributed by atoms with Crippen LogP contribution in [0.1, 0.15) is 63.3 Å². The largest absolute Gasteiger partial charge is 0.493 e. The number of urea groups is 1. The highest BCUT2D eigenvalue weighted by molar-refractivity contribution is 7.90. The number of carbonyl (C=O) groups is 1. The Morgan fingerprint density at radius 2 is 1.51 bits per heavy atom. The molecule has 2 aliphatic rings. The first-order valence-electron chi connectivity index (χ1n) is 16.7. The molecular formula is C37H47Cl2N5O4S. The Morgan fingerprint density at radius 1 is 0.939 bits per heavy atom. The molecule has 2 atom stereocenters. The molecule has 0 radical (unpaired) electrons. The van der Waals surface area contributed by atoms with Gasteiger partial charge < -0.3 is 15.4 Å². The maximum absolute atomic E-state index is 15.1. The molecule has 2 heterocycles. The number of ether oxygens (including phenoxy) is 1. The molecule has 0 bridgehead atoms. The molecule has 12 heteroatoms. The summed E-state index contributed by atoms with van der Waals surface area (Å²) < 4.78 is 29.6. The minimum absolute atomic E-state index is 0.135. The van der Waals surface area contributed by atoms with Crippen molar-refractivity contribution in [1.82, 2.24) is 14.7 Å². The zero-order chi connectivity index (χ0) is 35.8. The standard InChI is InChI=1S/C37H47Cl2N5O4S/c1-7-48-32-25-28(35(2,3)4)13-18-31(32)33-41-36(5,26-9-14-29(38)15-10-26)37(40,27-11-16-30(39)17-12-27)44(33)34(45)43-22-20-42(21-23-43)19-8-24-49(6,46)47/h9-18,25H,7-8,19-24,40H2,1-6H3/t36-,37+/m0/s1. The number of nitrogens with two attached hydrogens (primary N) is 1. The molecule has 2 N–H and O–H groups in total. The summed E-state index contributed by atoms with van der Waals surface area (Å²) in [6, 6.07) is 20.4. The van der Waals surface area contributed by atoms with Crippen LogP contribution in [-0.2, 0) is 26.5 Å². The molecule has 2 amide bonds. The van der Waals surface area contributed by atoms with Crippen LogP contribution in [0.2, 0.25) is 10.0 Å². The number of carbonyl (C=O) groups excluding carboxylic acids is 1. The zero-order valence-electron chi connectivity index (χ0n) is 29.2. The number of halogens is 2. The molecule has 0 aliphatic carbocycles. The lowest BCUT2D eigenvalue weighted by molar-refractivity contribution is 0.0809. The van der Waals surface area contributed by atoms with Gasteiger partial charge in [0.2, 0.25) is 0 Å². The maximum Gasteiger partial charge on any atom is 0.327 e. The number of rotatable bonds is 9. The van der Waals surface area contributed by atoms with Crippen LogP contribution in [0.3, 0.4) is 0 Å². The van der Waals surface area contributed by atoms with E-state index in [1.807, 2.05) is 50.2 Å². The Kier molecular flexibility index (Phi) is 10.8. The molecule has 2 aliphatic heterocycles. The maximum atomic E-state index is 15.1. The zero-order valence-corrected chi connectivity index (χ0v) is 31.5. The van der Waals surface area contributed by atoms with Gasteiger partial charge >= 0.3 is 6.03 Å². The minimum Gasteiger partial charge on any atom is -0.493 e. The number of hydrogen-bond acceptors (Lipinski definition) is 7. The molecule has 0 unspecified atom stereocenters. The third-order valence-corrected chi connectivity index (χ3v) is 11.1. The summed E-state index contributed by atoms with van der Waals surface area (Å²) in [4.78, 5) is 26.1. The van der Waals surface area contributed by atoms with E-state index in [0.717, 1.165) is 11.1 Å². The van der Waals surface area contributed by atoms with Gasteiger partial charge in [-0.1, -0.05) is 74.3 Å². The van der Waals surface area contributed by atoms with Crippen LogP contribution in [0.5, 0.6) is 5.75 Å². The van der Waals surface area contributed by atoms with Crippen molar-refractivity contribution in [3.05, 3.63) is 99.0 Å². The Morgan fingerprint density at radius 3 is 2.04 bits per heavy atom. The lowest BCUT2D eigenvalue weighted by atomic mass is 9.76. The van der Waals surface area contributed by atoms with Crippen molar-refractivity contribution in [3.8, 4) is 5.75 Å². The first kappa shape index (κ1) is 37.1. The number of benzene rings is 3. The molecule has 1 fully saturated rings. The van der Waals surface area contributed by atoms with Crippen LogP contribution in [0.4, 0.5) is 4.79 Å². The fraction of sp³-hybridized carbons (Fsp3) is 0.459. The lowest BCUT2D eigenvalue weighted by Gasteiger charge is -2.47. The predicted octanol–water partition coefficient (Wildman–Crippen LogP) is 6.65. The minimum atomic E-state index is -3.04. The Labute approximate surface area is 300 Å². The molecule has 0 saturated carbocycles. The second-order valence-electron chi connectivity index (χ2n) is 14.1. The number of amides is 2. The van der Waals surface area contributed by atoms with Crippen molar-refractivity contribution in [1.29, 1.82) is 0 Å². The van der Waals surface area contributed by atoms with Crippen LogP contribution in [0.25, 0.3) is 0 Å². The number of sulfone groups is 1. The molecule has 5 rings (SSSR count). The van der Waals surface area contributed by atoms with Gasteiger partial charge in [0.1, 0.15) is 27.0 Å². The van der Waals surface area contributed by atoms with E-state index in [1.54, 1.807) is 34.1 Å². The van der Waals surface area contributed by atoms with Crippen LogP contribution in [0.15, 0.2) is 71.7 Å². The van der Waals surface area contributed by atoms with E-state index in [9.17, 15) is 8.42 Å². The lowest BCUT2D eigenvalue weighted by Crippen LogP contribution is -2.66. The number of aliphatic imine (C=N–C) groups is 1. The third kappa shape index (κ3) is 7.64. The van der Waals surface area contributed by atoms with E-state index in [2.05, 4.69) is 31.7 Å². The third-order valence-electron chi connectivity index (χ3n) is 9.54. The molecule has 0 spiro atoms. The summed E-state index contributed by atoms with van der Waals surface area (Å²) in [5, 5.41) is 1.11. The molecule has 1 saturated heterocycles. The monoisotopic (exact) mass is 727 g/mol. The topological polar surface area (TPSA) is 109 Å². The van der Waals surface area contributed by atoms with Crippen LogP contribution >= 0.6 is 23.2 Å². The van der Waals surface area contributed by atoms with Gasteiger partial charge in [-0.05, 0) is 85.3 Å². The first-order valence-corrected chi connectivity index (χ1v) is 19.5. The van der Waals surface area contributed by atoms with Crippen LogP contribution in [-0.4, -0.2) is 86.3 Å². The average Bonchev–Trinajstić information content (AvgIpc) is 3.28. The van der Waals surface area contributed by atoms with E-state index >= 15 is 4.79 Å². The summed E-state index contributed by atoms with van der Waals surface area (Å²) >= 11 is 12.7. The van der Waals surface area contributed by atoms with Crippen molar-refractivity contribution < 1.29 is 17.9 Å². The molecule has 49 heavy (non-hydrogen) atoms. The van der Waals surface area contributed by atoms with E-state index in [0.29, 0.717) is 78.5 Å². The second-order valence-corrected chi connectivity index (χ2v) is 17.2. The smallest absolute Gasteiger partial charge is 0.327 e. The van der Waals surface area contributed by atoms with Gasteiger partial charge in [-0.3, -0.25) is 14.8 Å². The van der Waals surface area contributed by atoms with Crippen molar-refractivity contribution in [2.45, 2.75) is 57.7 Å². The van der Waals surface area contributed by atoms with Crippen LogP contribution in [0, 0.1) is 0 Å². The van der Waals surface area contributed by atoms with Gasteiger partial charge in [0.15, 0.2) is 5.66 Å². The van der Waals surface area contributed by atoms with Crippen molar-refractivity contribution >= 4 is 44.9 Å². The molecule has 3 aromatic rings. The van der Waals surface area contributed by atoms with E-state index in [4.69, 9.17) is 38.7 Å². The number of amidine groups is 1. The summed E-state index contributed by atoms with van der Waals surface area (Å²) in [5.41, 5.74) is 8.06. The van der Waals surface area contributed by atoms with Gasteiger partial charge in [0, 0.05) is 42.5 Å². The van der Waals surface area contributed by atoms with Gasteiger partial charge in [0.05, 0.1) is 17.9 Å². The summed E-state index contributed by atoms with van der Waals surface area (Å²) in [5.74, 6) is 1.15. The predicted molar refractivity (Wildman–Crippen MR) is 199 cm³/mol. The first-order chi connectivity index (χ1) is 23.0. The number of piperazine rings is 1. The van der Waals surface area contributed by atoms with Crippen molar-refractivity contribution in [3.63, 3.8) is 0 Å². The summed E-state index contributed by atoms with van der Waals surface area (Å²) in [6.45, 7) is 13.5. The average molecular weight is 729 g/mol. The molecule has 264 valence electrons. The van der Waals surface area contributed by atoms with Crippen LogP contribution < -0.4 is 10.5 Å². The Hall–Kier alpha value is -3.15. The Bertz CT molecular complexity index is 1800. The normalized spacial score (nSPS) is 21.9. The molecule has 9 nitrogen and oxygen atoms in total. The van der Waals surface area contributed by atoms with E-state index in [1.165, 1.54) is 6.26 Å². The fourth-order valence-electron chi connectivity index (χ4n) is 6.63. The molecule has 3 aromatic carbocycles. The summed E-state index contributed by atoms with van der Waals surface area (Å²) in [7, 11) is -3.04. The van der Waals surface area contributed by atoms with Crippen molar-refractivity contribution in [2.75, 3.05) is 51.3 Å². The number of nitrogens with zero attached hydrogens (tertiary/aromatic N) is 4.